The molecule has 2 aromatic rings. The maximum Gasteiger partial charge on any atom is 0.139 e. The van der Waals surface area contributed by atoms with Gasteiger partial charge < -0.3 is 15.2 Å². The Morgan fingerprint density at radius 1 is 0.864 bits per heavy atom. The Labute approximate surface area is 129 Å². The van der Waals surface area contributed by atoms with Crippen molar-refractivity contribution in [2.45, 2.75) is 13.8 Å². The molecular weight excluding hydrogens is 280 g/mol. The molecule has 0 radical (unpaired) electrons. The van der Waals surface area contributed by atoms with Gasteiger partial charge in [-0.3, -0.25) is 0 Å². The molecule has 114 valence electrons. The first kappa shape index (κ1) is 15.6. The van der Waals surface area contributed by atoms with Gasteiger partial charge in [0, 0.05) is 11.1 Å². The maximum absolute atomic E-state index is 9.33. The summed E-state index contributed by atoms with van der Waals surface area (Å²) in [6.45, 7) is 4.45. The van der Waals surface area contributed by atoms with Crippen molar-refractivity contribution in [3.05, 3.63) is 65.2 Å². The van der Waals surface area contributed by atoms with Crippen molar-refractivity contribution in [1.82, 2.24) is 0 Å². The zero-order valence-electron chi connectivity index (χ0n) is 12.5. The molecule has 0 fully saturated rings. The molecule has 0 aliphatic rings. The number of hydrogen-bond acceptors (Lipinski definition) is 5. The van der Waals surface area contributed by atoms with Crippen LogP contribution in [0.5, 0.6) is 5.75 Å². The van der Waals surface area contributed by atoms with Gasteiger partial charge in [0.15, 0.2) is 0 Å². The van der Waals surface area contributed by atoms with Crippen LogP contribution >= 0.6 is 0 Å². The van der Waals surface area contributed by atoms with Crippen molar-refractivity contribution in [3.63, 3.8) is 0 Å². The van der Waals surface area contributed by atoms with E-state index in [9.17, 15) is 10.4 Å². The highest BCUT2D eigenvalue weighted by Crippen LogP contribution is 2.16. The van der Waals surface area contributed by atoms with Gasteiger partial charge in [0.2, 0.25) is 0 Å². The van der Waals surface area contributed by atoms with Gasteiger partial charge in [-0.1, -0.05) is 40.1 Å². The Balaban J connectivity index is 2.35. The molecular formula is C17H18N2O3. The minimum absolute atomic E-state index is 0.189. The molecule has 0 unspecified atom stereocenters. The number of nitrogens with zero attached hydrogens (tertiary/aromatic N) is 2. The standard InChI is InChI=1S/C17H18N2O3/c1-3-22-15-10-8-14(9-11-15)17(19-21)16(18-20)13-6-4-12(2)5-7-13/h4-11,20-21H,3H2,1-2H3. The van der Waals surface area contributed by atoms with Crippen molar-refractivity contribution >= 4 is 11.4 Å². The van der Waals surface area contributed by atoms with Gasteiger partial charge in [-0.25, -0.2) is 0 Å². The third kappa shape index (κ3) is 3.44. The van der Waals surface area contributed by atoms with Crippen LogP contribution in [0.2, 0.25) is 0 Å². The van der Waals surface area contributed by atoms with E-state index in [2.05, 4.69) is 10.3 Å². The molecule has 22 heavy (non-hydrogen) atoms. The molecule has 5 nitrogen and oxygen atoms in total. The van der Waals surface area contributed by atoms with Crippen molar-refractivity contribution < 1.29 is 15.2 Å². The van der Waals surface area contributed by atoms with Gasteiger partial charge in [0.25, 0.3) is 0 Å². The molecule has 2 aromatic carbocycles. The van der Waals surface area contributed by atoms with Crippen molar-refractivity contribution in [2.24, 2.45) is 10.3 Å². The normalized spacial score (nSPS) is 12.3. The van der Waals surface area contributed by atoms with Gasteiger partial charge in [-0.05, 0) is 38.1 Å². The molecule has 0 saturated heterocycles. The summed E-state index contributed by atoms with van der Waals surface area (Å²) in [5.74, 6) is 0.723. The first-order chi connectivity index (χ1) is 10.7. The van der Waals surface area contributed by atoms with Crippen LogP contribution in [0.15, 0.2) is 58.8 Å². The summed E-state index contributed by atoms with van der Waals surface area (Å²) in [5, 5.41) is 25.2. The van der Waals surface area contributed by atoms with Crippen LogP contribution in [0.3, 0.4) is 0 Å². The van der Waals surface area contributed by atoms with E-state index in [1.807, 2.05) is 38.1 Å². The zero-order valence-corrected chi connectivity index (χ0v) is 12.5. The van der Waals surface area contributed by atoms with Crippen LogP contribution in [-0.4, -0.2) is 28.4 Å². The van der Waals surface area contributed by atoms with E-state index in [0.717, 1.165) is 11.3 Å². The van der Waals surface area contributed by atoms with Crippen LogP contribution in [0.1, 0.15) is 23.6 Å². The lowest BCUT2D eigenvalue weighted by Gasteiger charge is -2.09. The second-order valence-corrected chi connectivity index (χ2v) is 4.72. The molecule has 0 amide bonds. The molecule has 0 atom stereocenters. The Morgan fingerprint density at radius 2 is 1.32 bits per heavy atom. The number of oxime groups is 2. The number of ether oxygens (including phenoxy) is 1. The average Bonchev–Trinajstić information content (AvgIpc) is 2.55. The number of benzene rings is 2. The van der Waals surface area contributed by atoms with Gasteiger partial charge in [0.05, 0.1) is 6.61 Å². The fourth-order valence-electron chi connectivity index (χ4n) is 2.07. The van der Waals surface area contributed by atoms with Gasteiger partial charge in [-0.2, -0.15) is 0 Å². The Bertz CT molecular complexity index is 674. The molecule has 0 heterocycles. The maximum atomic E-state index is 9.33. The lowest BCUT2D eigenvalue weighted by molar-refractivity contribution is 0.314. The van der Waals surface area contributed by atoms with E-state index in [-0.39, 0.29) is 11.4 Å². The predicted molar refractivity (Wildman–Crippen MR) is 85.4 cm³/mol. The fourth-order valence-corrected chi connectivity index (χ4v) is 2.07. The molecule has 0 aliphatic carbocycles. The molecule has 2 rings (SSSR count). The lowest BCUT2D eigenvalue weighted by Crippen LogP contribution is -2.17. The van der Waals surface area contributed by atoms with Crippen LogP contribution in [0.4, 0.5) is 0 Å². The van der Waals surface area contributed by atoms with E-state index in [0.29, 0.717) is 17.7 Å². The van der Waals surface area contributed by atoms with E-state index >= 15 is 0 Å². The molecule has 0 saturated carbocycles. The van der Waals surface area contributed by atoms with Gasteiger partial charge in [-0.15, -0.1) is 0 Å². The van der Waals surface area contributed by atoms with Crippen LogP contribution in [-0.2, 0) is 0 Å². The second kappa shape index (κ2) is 7.26. The zero-order chi connectivity index (χ0) is 15.9. The van der Waals surface area contributed by atoms with Crippen LogP contribution < -0.4 is 4.74 Å². The Hall–Kier alpha value is -2.82. The van der Waals surface area contributed by atoms with Gasteiger partial charge >= 0.3 is 0 Å². The lowest BCUT2D eigenvalue weighted by atomic mass is 9.99. The quantitative estimate of drug-likeness (QED) is 0.504. The largest absolute Gasteiger partial charge is 0.494 e. The van der Waals surface area contributed by atoms with E-state index in [1.165, 1.54) is 0 Å². The Morgan fingerprint density at radius 3 is 1.73 bits per heavy atom. The summed E-state index contributed by atoms with van der Waals surface area (Å²) in [6, 6.07) is 14.5. The van der Waals surface area contributed by atoms with Gasteiger partial charge in [0.1, 0.15) is 17.2 Å². The third-order valence-electron chi connectivity index (χ3n) is 3.19. The van der Waals surface area contributed by atoms with E-state index in [4.69, 9.17) is 4.74 Å². The fraction of sp³-hybridized carbons (Fsp3) is 0.176. The van der Waals surface area contributed by atoms with Crippen molar-refractivity contribution in [3.8, 4) is 5.75 Å². The highest BCUT2D eigenvalue weighted by Gasteiger charge is 2.16. The first-order valence-electron chi connectivity index (χ1n) is 6.94. The number of rotatable bonds is 5. The predicted octanol–water partition coefficient (Wildman–Crippen LogP) is 3.45. The topological polar surface area (TPSA) is 74.4 Å². The molecule has 0 aromatic heterocycles. The monoisotopic (exact) mass is 298 g/mol. The molecule has 0 bridgehead atoms. The van der Waals surface area contributed by atoms with Crippen molar-refractivity contribution in [1.29, 1.82) is 0 Å². The first-order valence-corrected chi connectivity index (χ1v) is 6.94. The second-order valence-electron chi connectivity index (χ2n) is 4.72. The van der Waals surface area contributed by atoms with E-state index in [1.54, 1.807) is 24.3 Å². The summed E-state index contributed by atoms with van der Waals surface area (Å²) in [7, 11) is 0. The minimum atomic E-state index is 0.189. The smallest absolute Gasteiger partial charge is 0.139 e. The molecule has 0 aliphatic heterocycles. The SMILES string of the molecule is CCOc1ccc(C(=NO)C(=NO)c2ccc(C)cc2)cc1. The van der Waals surface area contributed by atoms with Crippen molar-refractivity contribution in [2.75, 3.05) is 6.61 Å². The van der Waals surface area contributed by atoms with Crippen LogP contribution in [0.25, 0.3) is 0 Å². The minimum Gasteiger partial charge on any atom is -0.494 e. The molecule has 2 N–H and O–H groups in total. The number of hydrogen-bond donors (Lipinski definition) is 2. The molecule has 5 heteroatoms. The molecule has 0 spiro atoms. The summed E-state index contributed by atoms with van der Waals surface area (Å²) in [5.41, 5.74) is 2.76. The summed E-state index contributed by atoms with van der Waals surface area (Å²) < 4.78 is 5.38. The summed E-state index contributed by atoms with van der Waals surface area (Å²) >= 11 is 0. The highest BCUT2D eigenvalue weighted by atomic mass is 16.5. The van der Waals surface area contributed by atoms with E-state index < -0.39 is 0 Å². The number of aryl methyl sites for hydroxylation is 1. The summed E-state index contributed by atoms with van der Waals surface area (Å²) in [6.07, 6.45) is 0. The Kier molecular flexibility index (Phi) is 5.14. The summed E-state index contributed by atoms with van der Waals surface area (Å²) in [4.78, 5) is 0. The average molecular weight is 298 g/mol. The highest BCUT2D eigenvalue weighted by molar-refractivity contribution is 6.53. The third-order valence-corrected chi connectivity index (χ3v) is 3.19. The van der Waals surface area contributed by atoms with Crippen LogP contribution in [0, 0.1) is 6.92 Å².